The number of hydrogen-bond donors (Lipinski definition) is 2. The zero-order chi connectivity index (χ0) is 22.4. The van der Waals surface area contributed by atoms with E-state index < -0.39 is 11.4 Å². The summed E-state index contributed by atoms with van der Waals surface area (Å²) in [6.45, 7) is 2.03. The first kappa shape index (κ1) is 22.2. The van der Waals surface area contributed by atoms with E-state index in [1.807, 2.05) is 13.0 Å². The van der Waals surface area contributed by atoms with Crippen molar-refractivity contribution in [3.63, 3.8) is 0 Å². The summed E-state index contributed by atoms with van der Waals surface area (Å²) in [6, 6.07) is 15.7. The largest absolute Gasteiger partial charge is 0.478 e. The van der Waals surface area contributed by atoms with Crippen LogP contribution in [-0.2, 0) is 9.53 Å². The third kappa shape index (κ3) is 6.02. The number of para-hydroxylation sites is 1. The number of amides is 1. The zero-order valence-corrected chi connectivity index (χ0v) is 17.6. The van der Waals surface area contributed by atoms with Gasteiger partial charge in [0.1, 0.15) is 0 Å². The first-order valence-electron chi connectivity index (χ1n) is 9.69. The highest BCUT2D eigenvalue weighted by Crippen LogP contribution is 2.26. The second-order valence-electron chi connectivity index (χ2n) is 7.20. The van der Waals surface area contributed by atoms with E-state index in [0.29, 0.717) is 28.7 Å². The highest BCUT2D eigenvalue weighted by molar-refractivity contribution is 6.61. The number of nitrogens with one attached hydrogen (secondary N) is 1. The molecule has 0 aliphatic rings. The van der Waals surface area contributed by atoms with Gasteiger partial charge in [0.25, 0.3) is 0 Å². The maximum Gasteiger partial charge on any atom is 0.403 e. The Morgan fingerprint density at radius 3 is 2.52 bits per heavy atom. The summed E-state index contributed by atoms with van der Waals surface area (Å²) in [5, 5.41) is 12.9. The van der Waals surface area contributed by atoms with Crippen LogP contribution in [-0.4, -0.2) is 34.0 Å². The van der Waals surface area contributed by atoms with Crippen molar-refractivity contribution in [1.82, 2.24) is 4.98 Å². The summed E-state index contributed by atoms with van der Waals surface area (Å²) < 4.78 is 4.71. The molecule has 1 amide bonds. The van der Waals surface area contributed by atoms with Crippen LogP contribution in [0.4, 0.5) is 10.5 Å². The molecule has 0 aliphatic heterocycles. The van der Waals surface area contributed by atoms with E-state index in [2.05, 4.69) is 10.3 Å². The summed E-state index contributed by atoms with van der Waals surface area (Å²) in [7, 11) is 0. The van der Waals surface area contributed by atoms with Crippen LogP contribution in [0.3, 0.4) is 0 Å². The molecule has 1 unspecified atom stereocenters. The van der Waals surface area contributed by atoms with E-state index in [9.17, 15) is 19.5 Å². The molecule has 0 bridgehead atoms. The van der Waals surface area contributed by atoms with Crippen LogP contribution in [0.1, 0.15) is 30.1 Å². The van der Waals surface area contributed by atoms with E-state index in [0.717, 1.165) is 5.56 Å². The maximum absolute atomic E-state index is 12.2. The molecule has 0 radical (unpaired) electrons. The van der Waals surface area contributed by atoms with Gasteiger partial charge in [-0.1, -0.05) is 37.3 Å². The number of aromatic carboxylic acids is 1. The van der Waals surface area contributed by atoms with Crippen molar-refractivity contribution in [3.05, 3.63) is 60.2 Å². The standard InChI is InChI=1S/C23H21ClN2O5/c1-14(13-31-23(24)30)6-11-21(27)25-16-9-7-15(8-10-16)20-12-18(22(28)29)17-4-2-3-5-19(17)26-20/h2-5,7-10,12,14H,6,11,13H2,1H3,(H,25,27)(H,28,29). The Labute approximate surface area is 184 Å². The molecule has 1 aromatic heterocycles. The van der Waals surface area contributed by atoms with Crippen molar-refractivity contribution in [2.45, 2.75) is 19.8 Å². The molecule has 8 heteroatoms. The number of fused-ring (bicyclic) bond motifs is 1. The number of anilines is 1. The average Bonchev–Trinajstić information content (AvgIpc) is 2.76. The first-order chi connectivity index (χ1) is 14.8. The quantitative estimate of drug-likeness (QED) is 0.458. The number of carbonyl (C=O) groups is 3. The lowest BCUT2D eigenvalue weighted by Gasteiger charge is -2.11. The summed E-state index contributed by atoms with van der Waals surface area (Å²) in [5.41, 5.74) is 1.83. The van der Waals surface area contributed by atoms with Crippen LogP contribution in [0, 0.1) is 5.92 Å². The molecule has 0 fully saturated rings. The Balaban J connectivity index is 1.67. The maximum atomic E-state index is 12.2. The Morgan fingerprint density at radius 1 is 1.13 bits per heavy atom. The molecular weight excluding hydrogens is 420 g/mol. The van der Waals surface area contributed by atoms with Crippen LogP contribution in [0.25, 0.3) is 22.2 Å². The van der Waals surface area contributed by atoms with Gasteiger partial charge in [0.05, 0.1) is 23.4 Å². The molecule has 0 spiro atoms. The van der Waals surface area contributed by atoms with Gasteiger partial charge in [0.15, 0.2) is 0 Å². The lowest BCUT2D eigenvalue weighted by Crippen LogP contribution is -2.15. The fraction of sp³-hybridized carbons (Fsp3) is 0.217. The Kier molecular flexibility index (Phi) is 7.20. The van der Waals surface area contributed by atoms with Gasteiger partial charge in [-0.25, -0.2) is 14.6 Å². The van der Waals surface area contributed by atoms with Crippen molar-refractivity contribution >= 4 is 45.5 Å². The van der Waals surface area contributed by atoms with E-state index in [1.165, 1.54) is 0 Å². The predicted octanol–water partition coefficient (Wildman–Crippen LogP) is 5.33. The van der Waals surface area contributed by atoms with Crippen molar-refractivity contribution < 1.29 is 24.2 Å². The first-order valence-corrected chi connectivity index (χ1v) is 10.1. The molecule has 3 aromatic rings. The molecule has 0 aliphatic carbocycles. The summed E-state index contributed by atoms with van der Waals surface area (Å²) in [6.07, 6.45) is 0.823. The smallest absolute Gasteiger partial charge is 0.403 e. The topological polar surface area (TPSA) is 106 Å². The summed E-state index contributed by atoms with van der Waals surface area (Å²) in [4.78, 5) is 39.0. The summed E-state index contributed by atoms with van der Waals surface area (Å²) >= 11 is 5.13. The molecule has 3 rings (SSSR count). The van der Waals surface area contributed by atoms with Crippen LogP contribution in [0.5, 0.6) is 0 Å². The fourth-order valence-corrected chi connectivity index (χ4v) is 3.18. The van der Waals surface area contributed by atoms with Crippen LogP contribution in [0.2, 0.25) is 0 Å². The Bertz CT molecular complexity index is 1110. The van der Waals surface area contributed by atoms with Crippen LogP contribution in [0.15, 0.2) is 54.6 Å². The average molecular weight is 441 g/mol. The van der Waals surface area contributed by atoms with Crippen LogP contribution < -0.4 is 5.32 Å². The number of carbonyl (C=O) groups excluding carboxylic acids is 2. The van der Waals surface area contributed by atoms with Crippen molar-refractivity contribution in [2.24, 2.45) is 5.92 Å². The number of halogens is 1. The van der Waals surface area contributed by atoms with Gasteiger partial charge in [-0.3, -0.25) is 4.79 Å². The van der Waals surface area contributed by atoms with Gasteiger partial charge in [0, 0.05) is 34.7 Å². The molecule has 0 saturated heterocycles. The third-order valence-corrected chi connectivity index (χ3v) is 4.87. The van der Waals surface area contributed by atoms with E-state index in [4.69, 9.17) is 16.3 Å². The van der Waals surface area contributed by atoms with Gasteiger partial charge in [-0.2, -0.15) is 0 Å². The van der Waals surface area contributed by atoms with Crippen molar-refractivity contribution in [2.75, 3.05) is 11.9 Å². The van der Waals surface area contributed by atoms with E-state index in [-0.39, 0.29) is 30.4 Å². The lowest BCUT2D eigenvalue weighted by atomic mass is 10.0. The number of benzene rings is 2. The lowest BCUT2D eigenvalue weighted by molar-refractivity contribution is -0.116. The number of carboxylic acids is 1. The molecule has 7 nitrogen and oxygen atoms in total. The van der Waals surface area contributed by atoms with Gasteiger partial charge in [-0.15, -0.1) is 0 Å². The number of pyridine rings is 1. The second kappa shape index (κ2) is 10.0. The van der Waals surface area contributed by atoms with Gasteiger partial charge in [-0.05, 0) is 36.6 Å². The minimum Gasteiger partial charge on any atom is -0.478 e. The number of ether oxygens (including phenoxy) is 1. The highest BCUT2D eigenvalue weighted by atomic mass is 35.5. The van der Waals surface area contributed by atoms with Gasteiger partial charge >= 0.3 is 11.4 Å². The predicted molar refractivity (Wildman–Crippen MR) is 118 cm³/mol. The SMILES string of the molecule is CC(CCC(=O)Nc1ccc(-c2cc(C(=O)O)c3ccccc3n2)cc1)COC(=O)Cl. The Morgan fingerprint density at radius 2 is 1.84 bits per heavy atom. The minimum absolute atomic E-state index is 0.0123. The molecule has 0 saturated carbocycles. The van der Waals surface area contributed by atoms with Gasteiger partial charge < -0.3 is 15.2 Å². The highest BCUT2D eigenvalue weighted by Gasteiger charge is 2.13. The van der Waals surface area contributed by atoms with Crippen molar-refractivity contribution in [3.8, 4) is 11.3 Å². The number of rotatable bonds is 8. The van der Waals surface area contributed by atoms with E-state index in [1.54, 1.807) is 48.5 Å². The molecule has 1 heterocycles. The normalized spacial score (nSPS) is 11.7. The van der Waals surface area contributed by atoms with E-state index >= 15 is 0 Å². The third-order valence-electron chi connectivity index (χ3n) is 4.76. The monoisotopic (exact) mass is 440 g/mol. The molecule has 2 aromatic carbocycles. The number of nitrogens with zero attached hydrogens (tertiary/aromatic N) is 1. The second-order valence-corrected chi connectivity index (χ2v) is 7.50. The Hall–Kier alpha value is -3.45. The fourth-order valence-electron chi connectivity index (χ4n) is 3.12. The molecular formula is C23H21ClN2O5. The molecule has 1 atom stereocenters. The summed E-state index contributed by atoms with van der Waals surface area (Å²) in [5.74, 6) is -1.16. The minimum atomic E-state index is -1.02. The number of carboxylic acid groups (broad SMARTS) is 1. The van der Waals surface area contributed by atoms with Crippen LogP contribution >= 0.6 is 11.6 Å². The molecule has 160 valence electrons. The number of hydrogen-bond acceptors (Lipinski definition) is 5. The van der Waals surface area contributed by atoms with Gasteiger partial charge in [0.2, 0.25) is 5.91 Å². The molecule has 31 heavy (non-hydrogen) atoms. The zero-order valence-electron chi connectivity index (χ0n) is 16.8. The molecule has 2 N–H and O–H groups in total. The van der Waals surface area contributed by atoms with Crippen molar-refractivity contribution in [1.29, 1.82) is 0 Å². The number of aromatic nitrogens is 1.